The molecule has 1 atom stereocenters. The fraction of sp³-hybridized carbons (Fsp3) is 1.00. The quantitative estimate of drug-likeness (QED) is 0.459. The third kappa shape index (κ3) is 10.8. The zero-order valence-corrected chi connectivity index (χ0v) is 9.62. The Kier molecular flexibility index (Phi) is 9.48. The van der Waals surface area contributed by atoms with Gasteiger partial charge in [0.25, 0.3) is 0 Å². The lowest BCUT2D eigenvalue weighted by molar-refractivity contribution is 0.610. The third-order valence-electron chi connectivity index (χ3n) is 1.74. The molecular formula is C9H18BrCl. The molecule has 0 aliphatic rings. The molecule has 0 aromatic carbocycles. The van der Waals surface area contributed by atoms with Crippen LogP contribution in [0.1, 0.15) is 45.4 Å². The maximum absolute atomic E-state index is 5.56. The predicted molar refractivity (Wildman–Crippen MR) is 56.8 cm³/mol. The van der Waals surface area contributed by atoms with Gasteiger partial charge in [0, 0.05) is 10.7 Å². The van der Waals surface area contributed by atoms with Gasteiger partial charge in [-0.2, -0.15) is 0 Å². The van der Waals surface area contributed by atoms with Crippen molar-refractivity contribution in [2.75, 3.05) is 5.88 Å². The Morgan fingerprint density at radius 2 is 1.64 bits per heavy atom. The Morgan fingerprint density at radius 3 is 2.18 bits per heavy atom. The van der Waals surface area contributed by atoms with Crippen LogP contribution in [0.15, 0.2) is 0 Å². The van der Waals surface area contributed by atoms with Crippen LogP contribution < -0.4 is 0 Å². The topological polar surface area (TPSA) is 0 Å². The summed E-state index contributed by atoms with van der Waals surface area (Å²) >= 11 is 9.09. The summed E-state index contributed by atoms with van der Waals surface area (Å²) in [6.45, 7) is 2.21. The van der Waals surface area contributed by atoms with Crippen molar-refractivity contribution in [3.05, 3.63) is 0 Å². The molecule has 0 aromatic rings. The minimum Gasteiger partial charge on any atom is -0.127 e. The highest BCUT2D eigenvalue weighted by Gasteiger charge is 1.94. The van der Waals surface area contributed by atoms with Crippen molar-refractivity contribution >= 4 is 27.5 Å². The second kappa shape index (κ2) is 8.86. The van der Waals surface area contributed by atoms with Crippen LogP contribution in [0.2, 0.25) is 0 Å². The van der Waals surface area contributed by atoms with E-state index in [1.54, 1.807) is 0 Å². The van der Waals surface area contributed by atoms with Gasteiger partial charge in [0.1, 0.15) is 0 Å². The molecular weight excluding hydrogens is 223 g/mol. The van der Waals surface area contributed by atoms with Gasteiger partial charge in [0.05, 0.1) is 0 Å². The monoisotopic (exact) mass is 240 g/mol. The molecule has 0 amide bonds. The molecule has 0 spiro atoms. The number of unbranched alkanes of at least 4 members (excludes halogenated alkanes) is 4. The normalized spacial score (nSPS) is 13.4. The molecule has 0 radical (unpaired) electrons. The fourth-order valence-corrected chi connectivity index (χ4v) is 1.56. The molecule has 0 bridgehead atoms. The van der Waals surface area contributed by atoms with Gasteiger partial charge in [-0.25, -0.2) is 0 Å². The van der Waals surface area contributed by atoms with E-state index in [9.17, 15) is 0 Å². The molecule has 68 valence electrons. The number of hydrogen-bond acceptors (Lipinski definition) is 0. The first-order valence-corrected chi connectivity index (χ1v) is 5.92. The van der Waals surface area contributed by atoms with Gasteiger partial charge in [-0.15, -0.1) is 11.6 Å². The summed E-state index contributed by atoms with van der Waals surface area (Å²) in [5.41, 5.74) is 0. The molecule has 0 aromatic heterocycles. The Labute approximate surface area is 83.8 Å². The molecule has 0 aliphatic heterocycles. The average Bonchev–Trinajstić information content (AvgIpc) is 1.96. The molecule has 0 rings (SSSR count). The van der Waals surface area contributed by atoms with E-state index in [1.165, 1.54) is 38.5 Å². The van der Waals surface area contributed by atoms with Crippen molar-refractivity contribution in [3.8, 4) is 0 Å². The van der Waals surface area contributed by atoms with Crippen LogP contribution in [0.4, 0.5) is 0 Å². The van der Waals surface area contributed by atoms with Crippen molar-refractivity contribution in [2.24, 2.45) is 0 Å². The van der Waals surface area contributed by atoms with Crippen molar-refractivity contribution in [2.45, 2.75) is 50.3 Å². The second-order valence-electron chi connectivity index (χ2n) is 3.03. The molecule has 11 heavy (non-hydrogen) atoms. The minimum atomic E-state index is 0.690. The van der Waals surface area contributed by atoms with E-state index >= 15 is 0 Å². The van der Waals surface area contributed by atoms with Crippen LogP contribution in [0.5, 0.6) is 0 Å². The summed E-state index contributed by atoms with van der Waals surface area (Å²) in [6, 6.07) is 0. The highest BCUT2D eigenvalue weighted by molar-refractivity contribution is 9.09. The van der Waals surface area contributed by atoms with Gasteiger partial charge in [-0.1, -0.05) is 48.5 Å². The molecule has 0 saturated carbocycles. The maximum Gasteiger partial charge on any atom is 0.0223 e. The maximum atomic E-state index is 5.56. The highest BCUT2D eigenvalue weighted by atomic mass is 79.9. The van der Waals surface area contributed by atoms with Crippen LogP contribution in [0.25, 0.3) is 0 Å². The first-order valence-electron chi connectivity index (χ1n) is 4.47. The summed E-state index contributed by atoms with van der Waals surface area (Å²) in [7, 11) is 0. The largest absolute Gasteiger partial charge is 0.127 e. The summed E-state index contributed by atoms with van der Waals surface area (Å²) < 4.78 is 0. The van der Waals surface area contributed by atoms with Crippen LogP contribution in [-0.4, -0.2) is 10.7 Å². The number of halogens is 2. The summed E-state index contributed by atoms with van der Waals surface area (Å²) in [4.78, 5) is 0.690. The van der Waals surface area contributed by atoms with Crippen molar-refractivity contribution in [1.29, 1.82) is 0 Å². The van der Waals surface area contributed by atoms with Crippen LogP contribution in [0.3, 0.4) is 0 Å². The van der Waals surface area contributed by atoms with Crippen molar-refractivity contribution in [3.63, 3.8) is 0 Å². The van der Waals surface area contributed by atoms with Gasteiger partial charge in [0.2, 0.25) is 0 Å². The second-order valence-corrected chi connectivity index (χ2v) is 4.97. The predicted octanol–water partition coefficient (Wildman–Crippen LogP) is 4.35. The highest BCUT2D eigenvalue weighted by Crippen LogP contribution is 2.11. The van der Waals surface area contributed by atoms with E-state index in [2.05, 4.69) is 22.9 Å². The van der Waals surface area contributed by atoms with Gasteiger partial charge in [-0.05, 0) is 12.8 Å². The molecule has 0 saturated heterocycles. The molecule has 0 fully saturated rings. The Bertz CT molecular complexity index is 74.0. The van der Waals surface area contributed by atoms with Crippen molar-refractivity contribution < 1.29 is 0 Å². The van der Waals surface area contributed by atoms with E-state index in [4.69, 9.17) is 11.6 Å². The minimum absolute atomic E-state index is 0.690. The Hall–Kier alpha value is 0.770. The Balaban J connectivity index is 2.80. The van der Waals surface area contributed by atoms with E-state index in [0.717, 1.165) is 5.88 Å². The van der Waals surface area contributed by atoms with E-state index in [0.29, 0.717) is 4.83 Å². The van der Waals surface area contributed by atoms with E-state index < -0.39 is 0 Å². The van der Waals surface area contributed by atoms with E-state index in [-0.39, 0.29) is 0 Å². The number of hydrogen-bond donors (Lipinski definition) is 0. The molecule has 0 aliphatic carbocycles. The number of rotatable bonds is 7. The molecule has 2 heteroatoms. The lowest BCUT2D eigenvalue weighted by atomic mass is 10.1. The van der Waals surface area contributed by atoms with Crippen LogP contribution >= 0.6 is 27.5 Å². The molecule has 0 nitrogen and oxygen atoms in total. The van der Waals surface area contributed by atoms with Crippen molar-refractivity contribution in [1.82, 2.24) is 0 Å². The van der Waals surface area contributed by atoms with Gasteiger partial charge >= 0.3 is 0 Å². The molecule has 0 N–H and O–H groups in total. The van der Waals surface area contributed by atoms with Gasteiger partial charge < -0.3 is 0 Å². The van der Waals surface area contributed by atoms with Gasteiger partial charge in [0.15, 0.2) is 0 Å². The van der Waals surface area contributed by atoms with Crippen LogP contribution in [0, 0.1) is 0 Å². The molecule has 0 heterocycles. The molecule has 1 unspecified atom stereocenters. The number of alkyl halides is 2. The van der Waals surface area contributed by atoms with Gasteiger partial charge in [-0.3, -0.25) is 0 Å². The lowest BCUT2D eigenvalue weighted by Crippen LogP contribution is -1.89. The zero-order valence-electron chi connectivity index (χ0n) is 7.28. The fourth-order valence-electron chi connectivity index (χ4n) is 1.05. The lowest BCUT2D eigenvalue weighted by Gasteiger charge is -2.01. The summed E-state index contributed by atoms with van der Waals surface area (Å²) in [5.74, 6) is 0.828. The smallest absolute Gasteiger partial charge is 0.0223 e. The first kappa shape index (κ1) is 11.8. The SMILES string of the molecule is CC(Br)CCCCCCCCl. The van der Waals surface area contributed by atoms with Crippen LogP contribution in [-0.2, 0) is 0 Å². The summed E-state index contributed by atoms with van der Waals surface area (Å²) in [5, 5.41) is 0. The Morgan fingerprint density at radius 1 is 1.09 bits per heavy atom. The standard InChI is InChI=1S/C9H18BrCl/c1-9(10)7-5-3-2-4-6-8-11/h9H,2-8H2,1H3. The summed E-state index contributed by atoms with van der Waals surface area (Å²) in [6.07, 6.45) is 7.88. The van der Waals surface area contributed by atoms with E-state index in [1.807, 2.05) is 0 Å². The third-order valence-corrected chi connectivity index (χ3v) is 2.46. The average molecular weight is 242 g/mol. The first-order chi connectivity index (χ1) is 5.27. The zero-order chi connectivity index (χ0) is 8.53.